The summed E-state index contributed by atoms with van der Waals surface area (Å²) in [6.07, 6.45) is -5.04. The SMILES string of the molecule is CC[C@@H](Oc1cc(C)ccc1C)C(=O)Nc1cc(C(F)(F)F)ccc1Cl. The number of ether oxygens (including phenoxy) is 1. The van der Waals surface area contributed by atoms with Gasteiger partial charge in [-0.15, -0.1) is 0 Å². The van der Waals surface area contributed by atoms with Crippen LogP contribution in [-0.2, 0) is 11.0 Å². The second kappa shape index (κ2) is 7.99. The predicted octanol–water partition coefficient (Wildman–Crippen LogP) is 5.77. The van der Waals surface area contributed by atoms with Gasteiger partial charge in [0.1, 0.15) is 5.75 Å². The smallest absolute Gasteiger partial charge is 0.416 e. The number of hydrogen-bond acceptors (Lipinski definition) is 2. The van der Waals surface area contributed by atoms with Crippen molar-refractivity contribution in [1.29, 1.82) is 0 Å². The molecule has 0 radical (unpaired) electrons. The van der Waals surface area contributed by atoms with Gasteiger partial charge >= 0.3 is 6.18 Å². The first-order valence-electron chi connectivity index (χ1n) is 8.03. The number of rotatable bonds is 5. The molecule has 0 aliphatic heterocycles. The fourth-order valence-corrected chi connectivity index (χ4v) is 2.49. The zero-order valence-electron chi connectivity index (χ0n) is 14.6. The van der Waals surface area contributed by atoms with Crippen molar-refractivity contribution in [3.63, 3.8) is 0 Å². The zero-order chi connectivity index (χ0) is 19.5. The number of carbonyl (C=O) groups excluding carboxylic acids is 1. The van der Waals surface area contributed by atoms with Crippen molar-refractivity contribution in [2.24, 2.45) is 0 Å². The number of carbonyl (C=O) groups is 1. The van der Waals surface area contributed by atoms with Gasteiger partial charge in [-0.25, -0.2) is 0 Å². The van der Waals surface area contributed by atoms with E-state index in [1.54, 1.807) is 6.92 Å². The maximum atomic E-state index is 12.9. The van der Waals surface area contributed by atoms with Crippen LogP contribution in [0.2, 0.25) is 5.02 Å². The lowest BCUT2D eigenvalue weighted by molar-refractivity contribution is -0.137. The summed E-state index contributed by atoms with van der Waals surface area (Å²) in [6.45, 7) is 5.50. The summed E-state index contributed by atoms with van der Waals surface area (Å²) < 4.78 is 44.3. The van der Waals surface area contributed by atoms with Gasteiger partial charge in [-0.2, -0.15) is 13.2 Å². The van der Waals surface area contributed by atoms with Crippen LogP contribution >= 0.6 is 11.6 Å². The number of aryl methyl sites for hydroxylation is 2. The predicted molar refractivity (Wildman–Crippen MR) is 95.7 cm³/mol. The van der Waals surface area contributed by atoms with Crippen LogP contribution < -0.4 is 10.1 Å². The van der Waals surface area contributed by atoms with Crippen molar-refractivity contribution in [3.05, 3.63) is 58.1 Å². The third-order valence-electron chi connectivity index (χ3n) is 3.83. The highest BCUT2D eigenvalue weighted by Gasteiger charge is 2.31. The van der Waals surface area contributed by atoms with Crippen LogP contribution in [0.15, 0.2) is 36.4 Å². The lowest BCUT2D eigenvalue weighted by Gasteiger charge is -2.20. The molecule has 0 saturated carbocycles. The van der Waals surface area contributed by atoms with E-state index in [1.807, 2.05) is 32.0 Å². The standard InChI is InChI=1S/C19H19ClF3NO2/c1-4-16(26-17-9-11(2)5-6-12(17)3)18(25)24-15-10-13(19(21,22)23)7-8-14(15)20/h5-10,16H,4H2,1-3H3,(H,24,25)/t16-/m1/s1. The molecule has 0 heterocycles. The van der Waals surface area contributed by atoms with E-state index in [0.29, 0.717) is 12.2 Å². The van der Waals surface area contributed by atoms with Gasteiger partial charge in [0.15, 0.2) is 6.10 Å². The van der Waals surface area contributed by atoms with E-state index in [4.69, 9.17) is 16.3 Å². The van der Waals surface area contributed by atoms with Crippen LogP contribution in [-0.4, -0.2) is 12.0 Å². The van der Waals surface area contributed by atoms with E-state index in [2.05, 4.69) is 5.32 Å². The first-order valence-corrected chi connectivity index (χ1v) is 8.41. The van der Waals surface area contributed by atoms with Crippen molar-refractivity contribution in [3.8, 4) is 5.75 Å². The lowest BCUT2D eigenvalue weighted by atomic mass is 10.1. The molecule has 0 bridgehead atoms. The average molecular weight is 386 g/mol. The first-order chi connectivity index (χ1) is 12.1. The molecule has 0 aliphatic carbocycles. The summed E-state index contributed by atoms with van der Waals surface area (Å²) in [4.78, 5) is 12.5. The molecule has 0 aromatic heterocycles. The Balaban J connectivity index is 2.20. The van der Waals surface area contributed by atoms with Crippen LogP contribution in [0.4, 0.5) is 18.9 Å². The number of benzene rings is 2. The Morgan fingerprint density at radius 1 is 1.19 bits per heavy atom. The van der Waals surface area contributed by atoms with Crippen molar-refractivity contribution >= 4 is 23.2 Å². The number of hydrogen-bond donors (Lipinski definition) is 1. The third kappa shape index (κ3) is 4.91. The van der Waals surface area contributed by atoms with Crippen LogP contribution in [0.5, 0.6) is 5.75 Å². The van der Waals surface area contributed by atoms with Crippen molar-refractivity contribution in [2.45, 2.75) is 39.5 Å². The lowest BCUT2D eigenvalue weighted by Crippen LogP contribution is -2.32. The topological polar surface area (TPSA) is 38.3 Å². The van der Waals surface area contributed by atoms with Crippen molar-refractivity contribution in [2.75, 3.05) is 5.32 Å². The Hall–Kier alpha value is -2.21. The Morgan fingerprint density at radius 3 is 2.50 bits per heavy atom. The summed E-state index contributed by atoms with van der Waals surface area (Å²) in [7, 11) is 0. The molecule has 0 aliphatic rings. The van der Waals surface area contributed by atoms with Gasteiger partial charge < -0.3 is 10.1 Å². The Labute approximate surface area is 155 Å². The number of anilines is 1. The minimum atomic E-state index is -4.52. The molecule has 1 atom stereocenters. The molecular weight excluding hydrogens is 367 g/mol. The third-order valence-corrected chi connectivity index (χ3v) is 4.16. The first kappa shape index (κ1) is 20.1. The van der Waals surface area contributed by atoms with Crippen molar-refractivity contribution in [1.82, 2.24) is 0 Å². The number of halogens is 4. The van der Waals surface area contributed by atoms with E-state index < -0.39 is 23.8 Å². The highest BCUT2D eigenvalue weighted by atomic mass is 35.5. The zero-order valence-corrected chi connectivity index (χ0v) is 15.3. The minimum absolute atomic E-state index is 0.0212. The molecule has 1 amide bonds. The number of alkyl halides is 3. The molecule has 2 aromatic carbocycles. The maximum Gasteiger partial charge on any atom is 0.416 e. The van der Waals surface area contributed by atoms with Crippen LogP contribution in [0.3, 0.4) is 0 Å². The van der Waals surface area contributed by atoms with Crippen LogP contribution in [0.1, 0.15) is 30.0 Å². The molecule has 1 N–H and O–H groups in total. The summed E-state index contributed by atoms with van der Waals surface area (Å²) in [6, 6.07) is 8.38. The highest BCUT2D eigenvalue weighted by Crippen LogP contribution is 2.34. The molecular formula is C19H19ClF3NO2. The van der Waals surface area contributed by atoms with E-state index >= 15 is 0 Å². The van der Waals surface area contributed by atoms with Gasteiger partial charge in [-0.05, 0) is 55.7 Å². The quantitative estimate of drug-likeness (QED) is 0.709. The minimum Gasteiger partial charge on any atom is -0.480 e. The van der Waals surface area contributed by atoms with Crippen molar-refractivity contribution < 1.29 is 22.7 Å². The summed E-state index contributed by atoms with van der Waals surface area (Å²) in [5.41, 5.74) is 0.843. The van der Waals surface area contributed by atoms with Crippen LogP contribution in [0.25, 0.3) is 0 Å². The van der Waals surface area contributed by atoms with Gasteiger partial charge in [0.2, 0.25) is 0 Å². The van der Waals surface area contributed by atoms with Gasteiger partial charge in [-0.1, -0.05) is 30.7 Å². The Kier molecular flexibility index (Phi) is 6.18. The van der Waals surface area contributed by atoms with Gasteiger partial charge in [0, 0.05) is 0 Å². The molecule has 0 spiro atoms. The number of amides is 1. The van der Waals surface area contributed by atoms with Gasteiger partial charge in [0.25, 0.3) is 5.91 Å². The van der Waals surface area contributed by atoms with E-state index in [-0.39, 0.29) is 10.7 Å². The molecule has 26 heavy (non-hydrogen) atoms. The average Bonchev–Trinajstić information content (AvgIpc) is 2.56. The summed E-state index contributed by atoms with van der Waals surface area (Å²) in [5, 5.41) is 2.45. The molecule has 3 nitrogen and oxygen atoms in total. The molecule has 7 heteroatoms. The fourth-order valence-electron chi connectivity index (χ4n) is 2.32. The van der Waals surface area contributed by atoms with Gasteiger partial charge in [0.05, 0.1) is 16.3 Å². The van der Waals surface area contributed by atoms with E-state index in [9.17, 15) is 18.0 Å². The molecule has 0 unspecified atom stereocenters. The Bertz CT molecular complexity index is 806. The monoisotopic (exact) mass is 385 g/mol. The Morgan fingerprint density at radius 2 is 1.88 bits per heavy atom. The van der Waals surface area contributed by atoms with Gasteiger partial charge in [-0.3, -0.25) is 4.79 Å². The van der Waals surface area contributed by atoms with Crippen LogP contribution in [0, 0.1) is 13.8 Å². The summed E-state index contributed by atoms with van der Waals surface area (Å²) in [5.74, 6) is -0.00299. The normalized spacial score (nSPS) is 12.6. The van der Waals surface area contributed by atoms with E-state index in [1.165, 1.54) is 0 Å². The second-order valence-electron chi connectivity index (χ2n) is 5.97. The molecule has 0 fully saturated rings. The fraction of sp³-hybridized carbons (Fsp3) is 0.316. The highest BCUT2D eigenvalue weighted by molar-refractivity contribution is 6.33. The number of nitrogens with one attached hydrogen (secondary N) is 1. The molecule has 2 aromatic rings. The molecule has 140 valence electrons. The molecule has 0 saturated heterocycles. The largest absolute Gasteiger partial charge is 0.480 e. The molecule has 2 rings (SSSR count). The summed E-state index contributed by atoms with van der Waals surface area (Å²) >= 11 is 5.92. The maximum absolute atomic E-state index is 12.9. The second-order valence-corrected chi connectivity index (χ2v) is 6.37. The van der Waals surface area contributed by atoms with E-state index in [0.717, 1.165) is 29.3 Å².